The Balaban J connectivity index is 2.15. The fraction of sp³-hybridized carbons (Fsp3) is 0.571. The molecule has 1 fully saturated rings. The SMILES string of the molecule is CCC1CCN(c2ccc(F)cc2OC)CCN1. The Morgan fingerprint density at radius 1 is 1.44 bits per heavy atom. The van der Waals surface area contributed by atoms with Gasteiger partial charge in [0.15, 0.2) is 0 Å². The molecule has 1 aromatic carbocycles. The molecule has 0 radical (unpaired) electrons. The quantitative estimate of drug-likeness (QED) is 0.894. The van der Waals surface area contributed by atoms with Gasteiger partial charge in [-0.2, -0.15) is 0 Å². The van der Waals surface area contributed by atoms with Gasteiger partial charge in [-0.15, -0.1) is 0 Å². The molecule has 0 aromatic heterocycles. The topological polar surface area (TPSA) is 24.5 Å². The van der Waals surface area contributed by atoms with Gasteiger partial charge in [0.25, 0.3) is 0 Å². The van der Waals surface area contributed by atoms with Crippen LogP contribution >= 0.6 is 0 Å². The highest BCUT2D eigenvalue weighted by Gasteiger charge is 2.18. The minimum atomic E-state index is -0.255. The van der Waals surface area contributed by atoms with E-state index in [0.29, 0.717) is 11.8 Å². The second-order valence-corrected chi connectivity index (χ2v) is 4.65. The molecule has 100 valence electrons. The molecular weight excluding hydrogens is 231 g/mol. The second kappa shape index (κ2) is 6.05. The Morgan fingerprint density at radius 3 is 3.00 bits per heavy atom. The van der Waals surface area contributed by atoms with Crippen molar-refractivity contribution < 1.29 is 9.13 Å². The number of nitrogens with zero attached hydrogens (tertiary/aromatic N) is 1. The van der Waals surface area contributed by atoms with Gasteiger partial charge < -0.3 is 15.0 Å². The van der Waals surface area contributed by atoms with Crippen molar-refractivity contribution in [2.24, 2.45) is 0 Å². The first-order chi connectivity index (χ1) is 8.74. The lowest BCUT2D eigenvalue weighted by Crippen LogP contribution is -2.30. The van der Waals surface area contributed by atoms with Crippen LogP contribution in [-0.2, 0) is 0 Å². The second-order valence-electron chi connectivity index (χ2n) is 4.65. The van der Waals surface area contributed by atoms with Crippen LogP contribution in [0.4, 0.5) is 10.1 Å². The maximum absolute atomic E-state index is 13.2. The van der Waals surface area contributed by atoms with E-state index in [1.165, 1.54) is 12.1 Å². The van der Waals surface area contributed by atoms with Crippen molar-refractivity contribution in [1.29, 1.82) is 0 Å². The van der Waals surface area contributed by atoms with Crippen LogP contribution in [0.3, 0.4) is 0 Å². The predicted octanol–water partition coefficient (Wildman–Crippen LogP) is 2.41. The molecule has 0 saturated carbocycles. The van der Waals surface area contributed by atoms with Gasteiger partial charge in [0.2, 0.25) is 0 Å². The molecule has 1 unspecified atom stereocenters. The van der Waals surface area contributed by atoms with Crippen LogP contribution in [0.2, 0.25) is 0 Å². The lowest BCUT2D eigenvalue weighted by atomic mass is 10.1. The summed E-state index contributed by atoms with van der Waals surface area (Å²) in [5, 5.41) is 3.52. The number of hydrogen-bond acceptors (Lipinski definition) is 3. The zero-order valence-electron chi connectivity index (χ0n) is 11.1. The number of benzene rings is 1. The van der Waals surface area contributed by atoms with Crippen LogP contribution in [-0.4, -0.2) is 32.8 Å². The van der Waals surface area contributed by atoms with Crippen molar-refractivity contribution in [2.45, 2.75) is 25.8 Å². The van der Waals surface area contributed by atoms with E-state index in [-0.39, 0.29) is 5.82 Å². The van der Waals surface area contributed by atoms with E-state index in [2.05, 4.69) is 17.1 Å². The standard InChI is InChI=1S/C14H21FN2O/c1-3-12-6-8-17(9-7-16-12)13-5-4-11(15)10-14(13)18-2/h4-5,10,12,16H,3,6-9H2,1-2H3. The number of halogens is 1. The molecule has 1 aliphatic rings. The molecule has 0 spiro atoms. The molecule has 1 N–H and O–H groups in total. The van der Waals surface area contributed by atoms with Crippen molar-refractivity contribution in [3.05, 3.63) is 24.0 Å². The number of ether oxygens (including phenoxy) is 1. The monoisotopic (exact) mass is 252 g/mol. The Labute approximate surface area is 108 Å². The molecule has 2 rings (SSSR count). The lowest BCUT2D eigenvalue weighted by molar-refractivity contribution is 0.411. The van der Waals surface area contributed by atoms with Gasteiger partial charge in [-0.25, -0.2) is 4.39 Å². The maximum atomic E-state index is 13.2. The first kappa shape index (κ1) is 13.1. The summed E-state index contributed by atoms with van der Waals surface area (Å²) in [6.07, 6.45) is 2.26. The third-order valence-corrected chi connectivity index (χ3v) is 3.54. The molecule has 1 saturated heterocycles. The minimum absolute atomic E-state index is 0.255. The van der Waals surface area contributed by atoms with E-state index in [0.717, 1.165) is 38.2 Å². The number of methoxy groups -OCH3 is 1. The van der Waals surface area contributed by atoms with Gasteiger partial charge in [-0.05, 0) is 25.0 Å². The third kappa shape index (κ3) is 2.93. The van der Waals surface area contributed by atoms with E-state index in [9.17, 15) is 4.39 Å². The van der Waals surface area contributed by atoms with Gasteiger partial charge in [0.05, 0.1) is 12.8 Å². The van der Waals surface area contributed by atoms with Crippen LogP contribution in [0.1, 0.15) is 19.8 Å². The molecule has 1 aromatic rings. The highest BCUT2D eigenvalue weighted by molar-refractivity contribution is 5.58. The van der Waals surface area contributed by atoms with Crippen molar-refractivity contribution in [1.82, 2.24) is 5.32 Å². The first-order valence-electron chi connectivity index (χ1n) is 6.56. The van der Waals surface area contributed by atoms with E-state index >= 15 is 0 Å². The number of rotatable bonds is 3. The van der Waals surface area contributed by atoms with E-state index in [1.807, 2.05) is 0 Å². The molecule has 0 bridgehead atoms. The molecule has 0 aliphatic carbocycles. The normalized spacial score (nSPS) is 20.6. The molecule has 1 heterocycles. The fourth-order valence-corrected chi connectivity index (χ4v) is 2.43. The zero-order valence-corrected chi connectivity index (χ0v) is 11.1. The van der Waals surface area contributed by atoms with Gasteiger partial charge in [0.1, 0.15) is 11.6 Å². The van der Waals surface area contributed by atoms with Crippen LogP contribution in [0, 0.1) is 5.82 Å². The predicted molar refractivity (Wildman–Crippen MR) is 71.9 cm³/mol. The minimum Gasteiger partial charge on any atom is -0.494 e. The average molecular weight is 252 g/mol. The summed E-state index contributed by atoms with van der Waals surface area (Å²) in [7, 11) is 1.59. The van der Waals surface area contributed by atoms with Gasteiger partial charge >= 0.3 is 0 Å². The summed E-state index contributed by atoms with van der Waals surface area (Å²) in [6, 6.07) is 5.33. The Hall–Kier alpha value is -1.29. The van der Waals surface area contributed by atoms with Crippen molar-refractivity contribution in [2.75, 3.05) is 31.6 Å². The molecule has 3 nitrogen and oxygen atoms in total. The van der Waals surface area contributed by atoms with Crippen LogP contribution in [0.25, 0.3) is 0 Å². The van der Waals surface area contributed by atoms with E-state index in [1.54, 1.807) is 13.2 Å². The summed E-state index contributed by atoms with van der Waals surface area (Å²) >= 11 is 0. The summed E-state index contributed by atoms with van der Waals surface area (Å²) in [6.45, 7) is 5.07. The molecule has 1 atom stereocenters. The van der Waals surface area contributed by atoms with Crippen LogP contribution in [0.5, 0.6) is 5.75 Å². The van der Waals surface area contributed by atoms with Gasteiger partial charge in [-0.3, -0.25) is 0 Å². The Morgan fingerprint density at radius 2 is 2.28 bits per heavy atom. The van der Waals surface area contributed by atoms with Crippen molar-refractivity contribution in [3.63, 3.8) is 0 Å². The molecular formula is C14H21FN2O. The summed E-state index contributed by atoms with van der Waals surface area (Å²) < 4.78 is 18.5. The highest BCUT2D eigenvalue weighted by atomic mass is 19.1. The number of anilines is 1. The smallest absolute Gasteiger partial charge is 0.145 e. The fourth-order valence-electron chi connectivity index (χ4n) is 2.43. The summed E-state index contributed by atoms with van der Waals surface area (Å²) in [5.74, 6) is 0.361. The maximum Gasteiger partial charge on any atom is 0.145 e. The molecule has 0 amide bonds. The first-order valence-corrected chi connectivity index (χ1v) is 6.56. The largest absolute Gasteiger partial charge is 0.494 e. The zero-order chi connectivity index (χ0) is 13.0. The molecule has 18 heavy (non-hydrogen) atoms. The van der Waals surface area contributed by atoms with Crippen molar-refractivity contribution >= 4 is 5.69 Å². The van der Waals surface area contributed by atoms with Crippen LogP contribution in [0.15, 0.2) is 18.2 Å². The van der Waals surface area contributed by atoms with Gasteiger partial charge in [0, 0.05) is 31.7 Å². The number of hydrogen-bond donors (Lipinski definition) is 1. The average Bonchev–Trinajstić information content (AvgIpc) is 2.63. The lowest BCUT2D eigenvalue weighted by Gasteiger charge is -2.24. The van der Waals surface area contributed by atoms with Crippen LogP contribution < -0.4 is 15.0 Å². The van der Waals surface area contributed by atoms with Gasteiger partial charge in [-0.1, -0.05) is 6.92 Å². The Bertz CT molecular complexity index is 397. The highest BCUT2D eigenvalue weighted by Crippen LogP contribution is 2.29. The number of nitrogens with one attached hydrogen (secondary N) is 1. The van der Waals surface area contributed by atoms with Crippen molar-refractivity contribution in [3.8, 4) is 5.75 Å². The summed E-state index contributed by atoms with van der Waals surface area (Å²) in [4.78, 5) is 2.26. The molecule has 4 heteroatoms. The van der Waals surface area contributed by atoms with E-state index < -0.39 is 0 Å². The summed E-state index contributed by atoms with van der Waals surface area (Å²) in [5.41, 5.74) is 0.984. The Kier molecular flexibility index (Phi) is 4.42. The van der Waals surface area contributed by atoms with E-state index in [4.69, 9.17) is 4.74 Å². The third-order valence-electron chi connectivity index (χ3n) is 3.54. The molecule has 1 aliphatic heterocycles.